The van der Waals surface area contributed by atoms with Crippen molar-refractivity contribution in [2.24, 2.45) is 17.6 Å². The minimum atomic E-state index is -4.77. The van der Waals surface area contributed by atoms with Gasteiger partial charge in [-0.15, -0.1) is 0 Å². The number of anilines is 1. The maximum absolute atomic E-state index is 13.5. The first-order valence-corrected chi connectivity index (χ1v) is 10.9. The smallest absolute Gasteiger partial charge is 0.417 e. The Morgan fingerprint density at radius 2 is 1.91 bits per heavy atom. The van der Waals surface area contributed by atoms with Gasteiger partial charge in [0.25, 0.3) is 0 Å². The third-order valence-corrected chi connectivity index (χ3v) is 7.25. The van der Waals surface area contributed by atoms with Gasteiger partial charge in [-0.25, -0.2) is 4.39 Å². The molecule has 3 aliphatic rings. The molecule has 2 aromatic carbocycles. The highest BCUT2D eigenvalue weighted by Gasteiger charge is 2.71. The number of nitrogens with two attached hydrogens (primary N) is 1. The highest BCUT2D eigenvalue weighted by atomic mass is 19.4. The summed E-state index contributed by atoms with van der Waals surface area (Å²) in [4.78, 5) is 14.6. The van der Waals surface area contributed by atoms with E-state index in [9.17, 15) is 22.4 Å². The Morgan fingerprint density at radius 1 is 1.23 bits per heavy atom. The number of nitriles is 1. The number of carbonyl (C=O) groups is 1. The minimum Gasteiger partial charge on any atom is -0.493 e. The van der Waals surface area contributed by atoms with E-state index < -0.39 is 40.3 Å². The van der Waals surface area contributed by atoms with Crippen molar-refractivity contribution in [2.75, 3.05) is 11.5 Å². The molecule has 182 valence electrons. The van der Waals surface area contributed by atoms with Gasteiger partial charge in [-0.3, -0.25) is 9.69 Å². The van der Waals surface area contributed by atoms with Gasteiger partial charge in [0, 0.05) is 11.5 Å². The zero-order valence-electron chi connectivity index (χ0n) is 18.8. The molecular weight excluding hydrogens is 466 g/mol. The van der Waals surface area contributed by atoms with E-state index in [1.165, 1.54) is 36.4 Å². The Bertz CT molecular complexity index is 1300. The molecule has 3 heterocycles. The molecule has 2 fully saturated rings. The first-order chi connectivity index (χ1) is 16.4. The van der Waals surface area contributed by atoms with Gasteiger partial charge < -0.3 is 15.2 Å². The summed E-state index contributed by atoms with van der Waals surface area (Å²) >= 11 is 0. The van der Waals surface area contributed by atoms with E-state index in [2.05, 4.69) is 0 Å². The average molecular weight is 487 g/mol. The van der Waals surface area contributed by atoms with Crippen LogP contribution in [-0.4, -0.2) is 23.7 Å². The fraction of sp³-hybridized carbons (Fsp3) is 0.360. The molecule has 0 spiro atoms. The van der Waals surface area contributed by atoms with Crippen LogP contribution in [0.5, 0.6) is 5.75 Å². The predicted molar refractivity (Wildman–Crippen MR) is 116 cm³/mol. The van der Waals surface area contributed by atoms with Crippen molar-refractivity contribution in [1.82, 2.24) is 0 Å². The van der Waals surface area contributed by atoms with Gasteiger partial charge in [0.1, 0.15) is 17.4 Å². The van der Waals surface area contributed by atoms with E-state index in [1.807, 2.05) is 0 Å². The van der Waals surface area contributed by atoms with E-state index in [-0.39, 0.29) is 29.9 Å². The van der Waals surface area contributed by atoms with E-state index in [0.29, 0.717) is 17.7 Å². The molecule has 3 aliphatic heterocycles. The minimum absolute atomic E-state index is 0.0236. The molecule has 0 unspecified atom stereocenters. The van der Waals surface area contributed by atoms with Crippen molar-refractivity contribution in [3.8, 4) is 11.8 Å². The number of fused-ring (bicyclic) bond motifs is 5. The number of alkyl halides is 3. The zero-order valence-corrected chi connectivity index (χ0v) is 18.8. The maximum Gasteiger partial charge on any atom is 0.417 e. The van der Waals surface area contributed by atoms with Crippen molar-refractivity contribution in [2.45, 2.75) is 37.6 Å². The van der Waals surface area contributed by atoms with Crippen molar-refractivity contribution in [3.63, 3.8) is 0 Å². The number of rotatable bonds is 4. The fourth-order valence-electron chi connectivity index (χ4n) is 5.71. The van der Waals surface area contributed by atoms with Gasteiger partial charge >= 0.3 is 6.18 Å². The van der Waals surface area contributed by atoms with Crippen molar-refractivity contribution >= 4 is 11.6 Å². The molecule has 5 rings (SSSR count). The van der Waals surface area contributed by atoms with Crippen molar-refractivity contribution in [1.29, 1.82) is 5.26 Å². The largest absolute Gasteiger partial charge is 0.493 e. The van der Waals surface area contributed by atoms with Gasteiger partial charge in [0.2, 0.25) is 5.91 Å². The standard InChI is InChI=1S/C25H21F4N3O3/c1-23-10-14(12-34-17-7-4-15(26)5-8-17)24(2,35-23)19-20(23)22(33)32(21(19)31)16-6-3-13(11-30)18(9-16)25(27,28)29/h3-9,14,20H,10,12,31H2,1-2H3/t14-,20+,23+,24-/m0/s1. The van der Waals surface area contributed by atoms with Crippen LogP contribution in [-0.2, 0) is 15.7 Å². The molecule has 35 heavy (non-hydrogen) atoms. The second-order valence-electron chi connectivity index (χ2n) is 9.43. The lowest BCUT2D eigenvalue weighted by Crippen LogP contribution is -2.43. The van der Waals surface area contributed by atoms with Crippen molar-refractivity contribution in [3.05, 3.63) is 70.8 Å². The normalized spacial score (nSPS) is 29.5. The van der Waals surface area contributed by atoms with E-state index in [0.717, 1.165) is 17.0 Å². The van der Waals surface area contributed by atoms with Crippen LogP contribution < -0.4 is 15.4 Å². The summed E-state index contributed by atoms with van der Waals surface area (Å²) in [7, 11) is 0. The molecule has 0 radical (unpaired) electrons. The number of halogens is 4. The lowest BCUT2D eigenvalue weighted by atomic mass is 9.67. The zero-order chi connectivity index (χ0) is 25.3. The van der Waals surface area contributed by atoms with Gasteiger partial charge in [-0.05, 0) is 62.7 Å². The fourth-order valence-corrected chi connectivity index (χ4v) is 5.71. The molecule has 2 N–H and O–H groups in total. The number of amides is 1. The Labute approximate surface area is 198 Å². The van der Waals surface area contributed by atoms with Crippen LogP contribution in [0.1, 0.15) is 31.4 Å². The number of hydrogen-bond donors (Lipinski definition) is 1. The Kier molecular flexibility index (Phi) is 4.94. The molecule has 2 saturated heterocycles. The summed E-state index contributed by atoms with van der Waals surface area (Å²) < 4.78 is 65.9. The first-order valence-electron chi connectivity index (χ1n) is 10.9. The Balaban J connectivity index is 1.50. The second kappa shape index (κ2) is 7.46. The summed E-state index contributed by atoms with van der Waals surface area (Å²) in [6.45, 7) is 3.80. The molecule has 2 aromatic rings. The number of nitrogens with zero attached hydrogens (tertiary/aromatic N) is 2. The van der Waals surface area contributed by atoms with Crippen LogP contribution in [0.15, 0.2) is 53.9 Å². The molecule has 0 aromatic heterocycles. The number of hydrogen-bond acceptors (Lipinski definition) is 5. The van der Waals surface area contributed by atoms with Crippen LogP contribution >= 0.6 is 0 Å². The summed E-state index contributed by atoms with van der Waals surface area (Å²) in [6, 6.07) is 10.2. The highest BCUT2D eigenvalue weighted by molar-refractivity contribution is 6.05. The average Bonchev–Trinajstić information content (AvgIpc) is 3.32. The summed E-state index contributed by atoms with van der Waals surface area (Å²) in [5.41, 5.74) is 3.28. The predicted octanol–water partition coefficient (Wildman–Crippen LogP) is 4.50. The molecule has 2 bridgehead atoms. The number of carbonyl (C=O) groups excluding carboxylic acids is 1. The van der Waals surface area contributed by atoms with Crippen LogP contribution in [0.4, 0.5) is 23.2 Å². The van der Waals surface area contributed by atoms with Crippen LogP contribution in [0.2, 0.25) is 0 Å². The quantitative estimate of drug-likeness (QED) is 0.642. The molecule has 6 nitrogen and oxygen atoms in total. The van der Waals surface area contributed by atoms with Crippen LogP contribution in [0, 0.1) is 29.0 Å². The molecule has 10 heteroatoms. The Morgan fingerprint density at radius 3 is 2.54 bits per heavy atom. The molecular formula is C25H21F4N3O3. The third-order valence-electron chi connectivity index (χ3n) is 7.25. The molecule has 1 amide bonds. The van der Waals surface area contributed by atoms with Crippen LogP contribution in [0.25, 0.3) is 0 Å². The highest BCUT2D eigenvalue weighted by Crippen LogP contribution is 2.63. The Hall–Kier alpha value is -3.58. The maximum atomic E-state index is 13.5. The lowest BCUT2D eigenvalue weighted by Gasteiger charge is -2.33. The van der Waals surface area contributed by atoms with Gasteiger partial charge in [0.15, 0.2) is 0 Å². The van der Waals surface area contributed by atoms with E-state index >= 15 is 0 Å². The number of benzene rings is 2. The monoisotopic (exact) mass is 487 g/mol. The lowest BCUT2D eigenvalue weighted by molar-refractivity contribution is -0.137. The first kappa shape index (κ1) is 23.2. The van der Waals surface area contributed by atoms with Crippen molar-refractivity contribution < 1.29 is 31.8 Å². The SMILES string of the molecule is C[C@]12C[C@@H](COc3ccc(F)cc3)[C@](C)(O1)C1=C(N)N(c3ccc(C#N)c(C(F)(F)F)c3)C(=O)[C@@H]12. The molecule has 0 saturated carbocycles. The third kappa shape index (κ3) is 3.37. The number of ether oxygens (including phenoxy) is 2. The topological polar surface area (TPSA) is 88.6 Å². The van der Waals surface area contributed by atoms with Gasteiger partial charge in [-0.1, -0.05) is 0 Å². The van der Waals surface area contributed by atoms with E-state index in [1.54, 1.807) is 13.8 Å². The van der Waals surface area contributed by atoms with Gasteiger partial charge in [0.05, 0.1) is 46.6 Å². The second-order valence-corrected chi connectivity index (χ2v) is 9.43. The summed E-state index contributed by atoms with van der Waals surface area (Å²) in [5.74, 6) is -1.32. The van der Waals surface area contributed by atoms with Gasteiger partial charge in [-0.2, -0.15) is 18.4 Å². The van der Waals surface area contributed by atoms with Crippen LogP contribution in [0.3, 0.4) is 0 Å². The van der Waals surface area contributed by atoms with E-state index in [4.69, 9.17) is 20.5 Å². The summed E-state index contributed by atoms with van der Waals surface area (Å²) in [6.07, 6.45) is -4.31. The molecule has 4 atom stereocenters. The summed E-state index contributed by atoms with van der Waals surface area (Å²) in [5, 5.41) is 9.08. The molecule has 0 aliphatic carbocycles.